The van der Waals surface area contributed by atoms with Crippen LogP contribution in [0, 0.1) is 12.8 Å². The zero-order chi connectivity index (χ0) is 14.1. The fourth-order valence-electron chi connectivity index (χ4n) is 3.66. The lowest BCUT2D eigenvalue weighted by Crippen LogP contribution is -2.60. The third-order valence-corrected chi connectivity index (χ3v) is 4.76. The number of aryl methyl sites for hydroxylation is 1. The molecule has 20 heavy (non-hydrogen) atoms. The molecule has 2 atom stereocenters. The highest BCUT2D eigenvalue weighted by Crippen LogP contribution is 2.27. The number of nitrogens with zero attached hydrogens (tertiary/aromatic N) is 4. The highest BCUT2D eigenvalue weighted by atomic mass is 16.5. The minimum Gasteiger partial charge on any atom is -0.338 e. The molecule has 5 nitrogen and oxygen atoms in total. The molecule has 2 unspecified atom stereocenters. The SMILES string of the molecule is Cc1noc(CN2CC3CCCCN3CC2C(C)C)n1. The lowest BCUT2D eigenvalue weighted by Gasteiger charge is -2.49. The molecule has 0 radical (unpaired) electrons. The van der Waals surface area contributed by atoms with Crippen LogP contribution in [0.4, 0.5) is 0 Å². The molecule has 1 aromatic heterocycles. The van der Waals surface area contributed by atoms with Gasteiger partial charge < -0.3 is 4.52 Å². The van der Waals surface area contributed by atoms with Crippen molar-refractivity contribution in [2.45, 2.75) is 58.7 Å². The van der Waals surface area contributed by atoms with Gasteiger partial charge in [0.05, 0.1) is 6.54 Å². The summed E-state index contributed by atoms with van der Waals surface area (Å²) in [5.41, 5.74) is 0. The summed E-state index contributed by atoms with van der Waals surface area (Å²) >= 11 is 0. The molecule has 0 bridgehead atoms. The number of fused-ring (bicyclic) bond motifs is 1. The van der Waals surface area contributed by atoms with Gasteiger partial charge in [-0.15, -0.1) is 0 Å². The second kappa shape index (κ2) is 5.82. The van der Waals surface area contributed by atoms with Crippen molar-refractivity contribution in [1.82, 2.24) is 19.9 Å². The first-order valence-electron chi connectivity index (χ1n) is 7.91. The smallest absolute Gasteiger partial charge is 0.240 e. The molecule has 0 spiro atoms. The number of hydrogen-bond acceptors (Lipinski definition) is 5. The molecule has 3 rings (SSSR count). The van der Waals surface area contributed by atoms with Gasteiger partial charge in [-0.05, 0) is 32.2 Å². The quantitative estimate of drug-likeness (QED) is 0.847. The van der Waals surface area contributed by atoms with E-state index in [0.29, 0.717) is 12.0 Å². The molecule has 0 amide bonds. The molecular weight excluding hydrogens is 252 g/mol. The highest BCUT2D eigenvalue weighted by molar-refractivity contribution is 4.94. The van der Waals surface area contributed by atoms with Crippen molar-refractivity contribution in [3.8, 4) is 0 Å². The molecule has 112 valence electrons. The van der Waals surface area contributed by atoms with Crippen LogP contribution < -0.4 is 0 Å². The summed E-state index contributed by atoms with van der Waals surface area (Å²) in [4.78, 5) is 9.63. The molecule has 3 heterocycles. The van der Waals surface area contributed by atoms with Crippen molar-refractivity contribution in [2.75, 3.05) is 19.6 Å². The summed E-state index contributed by atoms with van der Waals surface area (Å²) in [6.45, 7) is 10.9. The fourth-order valence-corrected chi connectivity index (χ4v) is 3.66. The predicted molar refractivity (Wildman–Crippen MR) is 77.3 cm³/mol. The van der Waals surface area contributed by atoms with Crippen LogP contribution in [0.2, 0.25) is 0 Å². The zero-order valence-corrected chi connectivity index (χ0v) is 12.9. The minimum atomic E-state index is 0.594. The van der Waals surface area contributed by atoms with Crippen molar-refractivity contribution >= 4 is 0 Å². The van der Waals surface area contributed by atoms with Gasteiger partial charge in [0.1, 0.15) is 0 Å². The van der Waals surface area contributed by atoms with Crippen LogP contribution in [-0.4, -0.2) is 51.7 Å². The summed E-state index contributed by atoms with van der Waals surface area (Å²) in [5, 5.41) is 3.91. The van der Waals surface area contributed by atoms with Gasteiger partial charge in [0.25, 0.3) is 0 Å². The molecular formula is C15H26N4O. The van der Waals surface area contributed by atoms with Crippen LogP contribution in [0.5, 0.6) is 0 Å². The maximum absolute atomic E-state index is 5.31. The normalized spacial score (nSPS) is 28.8. The van der Waals surface area contributed by atoms with Gasteiger partial charge >= 0.3 is 0 Å². The van der Waals surface area contributed by atoms with E-state index in [2.05, 4.69) is 33.8 Å². The molecule has 1 aromatic rings. The second-order valence-electron chi connectivity index (χ2n) is 6.62. The Hall–Kier alpha value is -0.940. The Morgan fingerprint density at radius 1 is 1.30 bits per heavy atom. The first-order valence-corrected chi connectivity index (χ1v) is 7.91. The molecule has 2 aliphatic rings. The number of hydrogen-bond donors (Lipinski definition) is 0. The molecule has 2 aliphatic heterocycles. The first kappa shape index (κ1) is 14.0. The lowest BCUT2D eigenvalue weighted by molar-refractivity contribution is -0.0161. The van der Waals surface area contributed by atoms with E-state index in [0.717, 1.165) is 30.8 Å². The number of piperidine rings is 1. The Kier molecular flexibility index (Phi) is 4.08. The largest absolute Gasteiger partial charge is 0.338 e. The predicted octanol–water partition coefficient (Wildman–Crippen LogP) is 2.07. The van der Waals surface area contributed by atoms with Gasteiger partial charge in [-0.1, -0.05) is 25.4 Å². The Morgan fingerprint density at radius 2 is 2.15 bits per heavy atom. The van der Waals surface area contributed by atoms with E-state index in [9.17, 15) is 0 Å². The van der Waals surface area contributed by atoms with Gasteiger partial charge in [0, 0.05) is 25.2 Å². The van der Waals surface area contributed by atoms with Crippen molar-refractivity contribution in [3.05, 3.63) is 11.7 Å². The van der Waals surface area contributed by atoms with Crippen LogP contribution in [0.3, 0.4) is 0 Å². The van der Waals surface area contributed by atoms with E-state index >= 15 is 0 Å². The van der Waals surface area contributed by atoms with Crippen LogP contribution in [-0.2, 0) is 6.54 Å². The Balaban J connectivity index is 1.72. The topological polar surface area (TPSA) is 45.4 Å². The van der Waals surface area contributed by atoms with Gasteiger partial charge in [-0.2, -0.15) is 4.98 Å². The lowest BCUT2D eigenvalue weighted by atomic mass is 9.92. The van der Waals surface area contributed by atoms with E-state index in [1.807, 2.05) is 6.92 Å². The molecule has 2 saturated heterocycles. The van der Waals surface area contributed by atoms with Crippen molar-refractivity contribution < 1.29 is 4.52 Å². The van der Waals surface area contributed by atoms with E-state index < -0.39 is 0 Å². The third-order valence-electron chi connectivity index (χ3n) is 4.76. The molecule has 5 heteroatoms. The Labute approximate surface area is 121 Å². The molecule has 0 aliphatic carbocycles. The Bertz CT molecular complexity index is 445. The van der Waals surface area contributed by atoms with Gasteiger partial charge in [-0.3, -0.25) is 9.80 Å². The maximum Gasteiger partial charge on any atom is 0.240 e. The third kappa shape index (κ3) is 2.88. The molecule has 0 N–H and O–H groups in total. The van der Waals surface area contributed by atoms with Crippen molar-refractivity contribution in [2.24, 2.45) is 5.92 Å². The van der Waals surface area contributed by atoms with Crippen LogP contribution in [0.1, 0.15) is 44.8 Å². The van der Waals surface area contributed by atoms with Crippen LogP contribution in [0.25, 0.3) is 0 Å². The second-order valence-corrected chi connectivity index (χ2v) is 6.62. The summed E-state index contributed by atoms with van der Waals surface area (Å²) < 4.78 is 5.31. The number of rotatable bonds is 3. The van der Waals surface area contributed by atoms with Crippen LogP contribution in [0.15, 0.2) is 4.52 Å². The molecule has 0 saturated carbocycles. The summed E-state index contributed by atoms with van der Waals surface area (Å²) in [5.74, 6) is 2.15. The van der Waals surface area contributed by atoms with Gasteiger partial charge in [-0.25, -0.2) is 0 Å². The van der Waals surface area contributed by atoms with E-state index in [1.54, 1.807) is 0 Å². The Morgan fingerprint density at radius 3 is 2.85 bits per heavy atom. The number of aromatic nitrogens is 2. The van der Waals surface area contributed by atoms with Gasteiger partial charge in [0.2, 0.25) is 5.89 Å². The average Bonchev–Trinajstić information content (AvgIpc) is 2.83. The van der Waals surface area contributed by atoms with Gasteiger partial charge in [0.15, 0.2) is 5.82 Å². The first-order chi connectivity index (χ1) is 9.63. The van der Waals surface area contributed by atoms with E-state index in [4.69, 9.17) is 4.52 Å². The van der Waals surface area contributed by atoms with E-state index in [-0.39, 0.29) is 0 Å². The van der Waals surface area contributed by atoms with Crippen molar-refractivity contribution in [1.29, 1.82) is 0 Å². The fraction of sp³-hybridized carbons (Fsp3) is 0.867. The standard InChI is InChI=1S/C15H26N4O/c1-11(2)14-9-18-7-5-4-6-13(18)8-19(14)10-15-16-12(3)17-20-15/h11,13-14H,4-10H2,1-3H3. The zero-order valence-electron chi connectivity index (χ0n) is 12.9. The molecule has 0 aromatic carbocycles. The average molecular weight is 278 g/mol. The summed E-state index contributed by atoms with van der Waals surface area (Å²) in [7, 11) is 0. The summed E-state index contributed by atoms with van der Waals surface area (Å²) in [6.07, 6.45) is 4.08. The monoisotopic (exact) mass is 278 g/mol. The van der Waals surface area contributed by atoms with E-state index in [1.165, 1.54) is 32.4 Å². The number of piperazine rings is 1. The molecule has 2 fully saturated rings. The van der Waals surface area contributed by atoms with Crippen molar-refractivity contribution in [3.63, 3.8) is 0 Å². The highest BCUT2D eigenvalue weighted by Gasteiger charge is 2.36. The maximum atomic E-state index is 5.31. The summed E-state index contributed by atoms with van der Waals surface area (Å²) in [6, 6.07) is 1.32. The minimum absolute atomic E-state index is 0.594. The van der Waals surface area contributed by atoms with Crippen LogP contribution >= 0.6 is 0 Å².